The summed E-state index contributed by atoms with van der Waals surface area (Å²) in [7, 11) is -2.53. The van der Waals surface area contributed by atoms with Gasteiger partial charge in [-0.3, -0.25) is 4.79 Å². The monoisotopic (exact) mass is 342 g/mol. The number of hydrogen-bond acceptors (Lipinski definition) is 4. The Labute approximate surface area is 134 Å². The van der Waals surface area contributed by atoms with E-state index >= 15 is 0 Å². The van der Waals surface area contributed by atoms with E-state index in [0.29, 0.717) is 13.0 Å². The fourth-order valence-electron chi connectivity index (χ4n) is 3.28. The summed E-state index contributed by atoms with van der Waals surface area (Å²) < 4.78 is 45.6. The summed E-state index contributed by atoms with van der Waals surface area (Å²) in [5.41, 5.74) is 0. The van der Waals surface area contributed by atoms with E-state index in [1.807, 2.05) is 0 Å². The molecule has 0 aliphatic carbocycles. The highest BCUT2D eigenvalue weighted by Crippen LogP contribution is 2.33. The van der Waals surface area contributed by atoms with E-state index in [-0.39, 0.29) is 35.1 Å². The molecule has 0 saturated carbocycles. The zero-order valence-corrected chi connectivity index (χ0v) is 13.6. The molecule has 2 saturated heterocycles. The van der Waals surface area contributed by atoms with Crippen molar-refractivity contribution in [1.29, 1.82) is 0 Å². The minimum Gasteiger partial charge on any atom is -0.495 e. The van der Waals surface area contributed by atoms with E-state index in [9.17, 15) is 17.6 Å². The van der Waals surface area contributed by atoms with E-state index in [0.717, 1.165) is 25.0 Å². The molecule has 2 aliphatic rings. The number of benzene rings is 1. The lowest BCUT2D eigenvalue weighted by molar-refractivity contribution is -0.121. The molecule has 8 heteroatoms. The second-order valence-electron chi connectivity index (χ2n) is 5.94. The van der Waals surface area contributed by atoms with Crippen molar-refractivity contribution in [1.82, 2.24) is 9.62 Å². The van der Waals surface area contributed by atoms with Crippen LogP contribution in [0.25, 0.3) is 0 Å². The first-order valence-corrected chi connectivity index (χ1v) is 8.99. The van der Waals surface area contributed by atoms with Crippen molar-refractivity contribution in [3.8, 4) is 5.75 Å². The molecular weight excluding hydrogens is 323 g/mol. The maximum atomic E-state index is 13.5. The van der Waals surface area contributed by atoms with Gasteiger partial charge < -0.3 is 10.1 Å². The Hall–Kier alpha value is -1.67. The second-order valence-corrected chi connectivity index (χ2v) is 7.85. The summed E-state index contributed by atoms with van der Waals surface area (Å²) in [6, 6.07) is 3.25. The van der Waals surface area contributed by atoms with Crippen molar-refractivity contribution < 1.29 is 22.3 Å². The molecule has 1 N–H and O–H groups in total. The number of rotatable bonds is 3. The first kappa shape index (κ1) is 16.2. The molecule has 1 amide bonds. The lowest BCUT2D eigenvalue weighted by Crippen LogP contribution is -2.39. The Morgan fingerprint density at radius 2 is 2.13 bits per heavy atom. The van der Waals surface area contributed by atoms with Gasteiger partial charge in [0.1, 0.15) is 16.5 Å². The van der Waals surface area contributed by atoms with Gasteiger partial charge in [0.2, 0.25) is 15.9 Å². The number of carbonyl (C=O) groups is 1. The highest BCUT2D eigenvalue weighted by Gasteiger charge is 2.41. The van der Waals surface area contributed by atoms with Gasteiger partial charge in [-0.05, 0) is 37.0 Å². The topological polar surface area (TPSA) is 75.7 Å². The molecule has 2 fully saturated rings. The van der Waals surface area contributed by atoms with Gasteiger partial charge in [0.15, 0.2) is 0 Å². The normalized spacial score (nSPS) is 25.6. The van der Waals surface area contributed by atoms with Gasteiger partial charge in [0, 0.05) is 25.6 Å². The Kier molecular flexibility index (Phi) is 4.29. The second kappa shape index (κ2) is 6.09. The molecule has 0 aromatic heterocycles. The quantitative estimate of drug-likeness (QED) is 0.893. The Morgan fingerprint density at radius 3 is 2.87 bits per heavy atom. The van der Waals surface area contributed by atoms with E-state index in [1.165, 1.54) is 17.5 Å². The number of amides is 1. The summed E-state index contributed by atoms with van der Waals surface area (Å²) >= 11 is 0. The molecule has 1 aromatic carbocycles. The summed E-state index contributed by atoms with van der Waals surface area (Å²) in [5.74, 6) is -0.468. The van der Waals surface area contributed by atoms with Crippen LogP contribution >= 0.6 is 0 Å². The third kappa shape index (κ3) is 3.05. The molecule has 0 radical (unpaired) electrons. The molecule has 6 nitrogen and oxygen atoms in total. The van der Waals surface area contributed by atoms with Crippen LogP contribution in [0.1, 0.15) is 19.3 Å². The first-order chi connectivity index (χ1) is 10.9. The van der Waals surface area contributed by atoms with E-state index in [1.54, 1.807) is 0 Å². The van der Waals surface area contributed by atoms with Crippen molar-refractivity contribution in [3.63, 3.8) is 0 Å². The number of sulfonamides is 1. The van der Waals surface area contributed by atoms with Gasteiger partial charge in [-0.1, -0.05) is 0 Å². The number of carbonyl (C=O) groups excluding carboxylic acids is 1. The zero-order chi connectivity index (χ0) is 16.6. The highest BCUT2D eigenvalue weighted by atomic mass is 32.2. The molecule has 0 bridgehead atoms. The number of nitrogens with one attached hydrogen (secondary N) is 1. The minimum absolute atomic E-state index is 0.0416. The SMILES string of the molecule is COc1ccc(F)cc1S(=O)(=O)N1CC2CCCC(=O)NC2C1. The van der Waals surface area contributed by atoms with Gasteiger partial charge in [0.05, 0.1) is 7.11 Å². The van der Waals surface area contributed by atoms with Crippen molar-refractivity contribution in [2.75, 3.05) is 20.2 Å². The number of fused-ring (bicyclic) bond motifs is 1. The van der Waals surface area contributed by atoms with Crippen molar-refractivity contribution in [3.05, 3.63) is 24.0 Å². The van der Waals surface area contributed by atoms with Crippen molar-refractivity contribution >= 4 is 15.9 Å². The van der Waals surface area contributed by atoms with Gasteiger partial charge in [0.25, 0.3) is 0 Å². The van der Waals surface area contributed by atoms with E-state index in [2.05, 4.69) is 5.32 Å². The molecule has 126 valence electrons. The van der Waals surface area contributed by atoms with Crippen LogP contribution in [0.3, 0.4) is 0 Å². The smallest absolute Gasteiger partial charge is 0.246 e. The molecule has 2 heterocycles. The van der Waals surface area contributed by atoms with Crippen LogP contribution in [-0.2, 0) is 14.8 Å². The van der Waals surface area contributed by atoms with Crippen molar-refractivity contribution in [2.45, 2.75) is 30.2 Å². The van der Waals surface area contributed by atoms with Gasteiger partial charge in [-0.2, -0.15) is 4.31 Å². The number of hydrogen-bond donors (Lipinski definition) is 1. The van der Waals surface area contributed by atoms with Crippen molar-refractivity contribution in [2.24, 2.45) is 5.92 Å². The highest BCUT2D eigenvalue weighted by molar-refractivity contribution is 7.89. The van der Waals surface area contributed by atoms with Crippen LogP contribution in [-0.4, -0.2) is 44.9 Å². The fraction of sp³-hybridized carbons (Fsp3) is 0.533. The van der Waals surface area contributed by atoms with Crippen LogP contribution < -0.4 is 10.1 Å². The lowest BCUT2D eigenvalue weighted by Gasteiger charge is -2.18. The van der Waals surface area contributed by atoms with E-state index in [4.69, 9.17) is 4.74 Å². The number of nitrogens with zero attached hydrogens (tertiary/aromatic N) is 1. The van der Waals surface area contributed by atoms with Crippen LogP contribution in [0.15, 0.2) is 23.1 Å². The van der Waals surface area contributed by atoms with Crippen LogP contribution in [0.5, 0.6) is 5.75 Å². The Balaban J connectivity index is 1.90. The third-order valence-corrected chi connectivity index (χ3v) is 6.33. The molecule has 2 atom stereocenters. The average Bonchev–Trinajstić information content (AvgIpc) is 2.83. The number of halogens is 1. The molecule has 0 spiro atoms. The summed E-state index contributed by atoms with van der Waals surface area (Å²) in [4.78, 5) is 11.5. The van der Waals surface area contributed by atoms with Gasteiger partial charge in [-0.15, -0.1) is 0 Å². The minimum atomic E-state index is -3.87. The van der Waals surface area contributed by atoms with Crippen LogP contribution in [0.2, 0.25) is 0 Å². The summed E-state index contributed by atoms with van der Waals surface area (Å²) in [5, 5.41) is 2.88. The standard InChI is InChI=1S/C15H19FN2O4S/c1-22-13-6-5-11(16)7-14(13)23(20,21)18-8-10-3-2-4-15(19)17-12(10)9-18/h5-7,10,12H,2-4,8-9H2,1H3,(H,17,19). The Morgan fingerprint density at radius 1 is 1.35 bits per heavy atom. The Bertz CT molecular complexity index is 722. The van der Waals surface area contributed by atoms with E-state index < -0.39 is 15.8 Å². The van der Waals surface area contributed by atoms with Crippen LogP contribution in [0.4, 0.5) is 4.39 Å². The predicted octanol–water partition coefficient (Wildman–Crippen LogP) is 1.12. The molecule has 23 heavy (non-hydrogen) atoms. The molecule has 3 rings (SSSR count). The first-order valence-electron chi connectivity index (χ1n) is 7.55. The van der Waals surface area contributed by atoms with Gasteiger partial charge in [-0.25, -0.2) is 12.8 Å². The molecule has 2 unspecified atom stereocenters. The molecule has 2 aliphatic heterocycles. The summed E-state index contributed by atoms with van der Waals surface area (Å²) in [6.07, 6.45) is 2.04. The molecular formula is C15H19FN2O4S. The zero-order valence-electron chi connectivity index (χ0n) is 12.8. The molecule has 1 aromatic rings. The number of ether oxygens (including phenoxy) is 1. The van der Waals surface area contributed by atoms with Crippen LogP contribution in [0, 0.1) is 11.7 Å². The number of methoxy groups -OCH3 is 1. The third-order valence-electron chi connectivity index (χ3n) is 4.48. The fourth-order valence-corrected chi connectivity index (χ4v) is 4.97. The maximum absolute atomic E-state index is 13.5. The maximum Gasteiger partial charge on any atom is 0.246 e. The van der Waals surface area contributed by atoms with Gasteiger partial charge >= 0.3 is 0 Å². The average molecular weight is 342 g/mol. The largest absolute Gasteiger partial charge is 0.495 e. The predicted molar refractivity (Wildman–Crippen MR) is 81.0 cm³/mol. The summed E-state index contributed by atoms with van der Waals surface area (Å²) in [6.45, 7) is 0.533. The lowest BCUT2D eigenvalue weighted by atomic mass is 9.99.